The van der Waals surface area contributed by atoms with Gasteiger partial charge in [-0.2, -0.15) is 0 Å². The maximum Gasteiger partial charge on any atom is 0.270 e. The van der Waals surface area contributed by atoms with Crippen LogP contribution in [0.5, 0.6) is 5.75 Å². The van der Waals surface area contributed by atoms with Gasteiger partial charge in [-0.05, 0) is 31.5 Å². The summed E-state index contributed by atoms with van der Waals surface area (Å²) in [7, 11) is 0. The summed E-state index contributed by atoms with van der Waals surface area (Å²) < 4.78 is 5.70. The minimum Gasteiger partial charge on any atom is -0.476 e. The number of amides is 1. The number of nitrogens with zero attached hydrogens (tertiary/aromatic N) is 1. The third-order valence-corrected chi connectivity index (χ3v) is 2.93. The van der Waals surface area contributed by atoms with Crippen LogP contribution in [0, 0.1) is 0 Å². The first kappa shape index (κ1) is 12.6. The van der Waals surface area contributed by atoms with Crippen molar-refractivity contribution in [1.82, 2.24) is 0 Å². The molecular formula is C14H17NO3. The summed E-state index contributed by atoms with van der Waals surface area (Å²) in [4.78, 5) is 13.9. The summed E-state index contributed by atoms with van der Waals surface area (Å²) >= 11 is 0. The van der Waals surface area contributed by atoms with Gasteiger partial charge in [-0.3, -0.25) is 4.79 Å². The van der Waals surface area contributed by atoms with Gasteiger partial charge in [0.25, 0.3) is 5.91 Å². The van der Waals surface area contributed by atoms with Crippen LogP contribution in [0.25, 0.3) is 0 Å². The zero-order valence-corrected chi connectivity index (χ0v) is 10.6. The molecule has 18 heavy (non-hydrogen) atoms. The average Bonchev–Trinajstić information content (AvgIpc) is 2.34. The summed E-state index contributed by atoms with van der Waals surface area (Å²) in [6.07, 6.45) is 1.68. The molecule has 2 rings (SSSR count). The Kier molecular flexibility index (Phi) is 3.13. The van der Waals surface area contributed by atoms with Gasteiger partial charge in [0.15, 0.2) is 5.60 Å². The highest BCUT2D eigenvalue weighted by atomic mass is 16.5. The molecule has 1 aliphatic rings. The number of rotatable bonds is 3. The van der Waals surface area contributed by atoms with Crippen LogP contribution < -0.4 is 9.64 Å². The minimum atomic E-state index is -0.878. The SMILES string of the molecule is C=CCN1C(=O)C(C)(C)Oc2ccc(CO)cc21. The molecule has 1 N–H and O–H groups in total. The molecule has 0 saturated heterocycles. The fourth-order valence-electron chi connectivity index (χ4n) is 2.02. The van der Waals surface area contributed by atoms with E-state index in [1.165, 1.54) is 0 Å². The Morgan fingerprint density at radius 1 is 1.50 bits per heavy atom. The maximum absolute atomic E-state index is 12.3. The first-order valence-electron chi connectivity index (χ1n) is 5.85. The van der Waals surface area contributed by atoms with Gasteiger partial charge >= 0.3 is 0 Å². The fourth-order valence-corrected chi connectivity index (χ4v) is 2.02. The smallest absolute Gasteiger partial charge is 0.270 e. The van der Waals surface area contributed by atoms with Gasteiger partial charge in [-0.1, -0.05) is 12.1 Å². The van der Waals surface area contributed by atoms with Crippen LogP contribution >= 0.6 is 0 Å². The standard InChI is InChI=1S/C14H17NO3/c1-4-7-15-11-8-10(9-16)5-6-12(11)18-14(2,3)13(15)17/h4-6,8,16H,1,7,9H2,2-3H3. The van der Waals surface area contributed by atoms with E-state index in [2.05, 4.69) is 6.58 Å². The van der Waals surface area contributed by atoms with E-state index in [4.69, 9.17) is 9.84 Å². The zero-order chi connectivity index (χ0) is 13.3. The van der Waals surface area contributed by atoms with Gasteiger partial charge in [0.1, 0.15) is 5.75 Å². The number of aliphatic hydroxyl groups is 1. The van der Waals surface area contributed by atoms with Crippen molar-refractivity contribution in [3.05, 3.63) is 36.4 Å². The largest absolute Gasteiger partial charge is 0.476 e. The lowest BCUT2D eigenvalue weighted by Crippen LogP contribution is -2.52. The Labute approximate surface area is 106 Å². The molecule has 0 atom stereocenters. The minimum absolute atomic E-state index is 0.0627. The molecule has 4 nitrogen and oxygen atoms in total. The van der Waals surface area contributed by atoms with Crippen molar-refractivity contribution in [3.8, 4) is 5.75 Å². The normalized spacial score (nSPS) is 17.1. The molecule has 1 aromatic rings. The van der Waals surface area contributed by atoms with Crippen LogP contribution in [0.4, 0.5) is 5.69 Å². The van der Waals surface area contributed by atoms with E-state index < -0.39 is 5.60 Å². The summed E-state index contributed by atoms with van der Waals surface area (Å²) in [5.74, 6) is 0.545. The Morgan fingerprint density at radius 2 is 2.22 bits per heavy atom. The first-order valence-corrected chi connectivity index (χ1v) is 5.85. The number of hydrogen-bond donors (Lipinski definition) is 1. The lowest BCUT2D eigenvalue weighted by atomic mass is 10.0. The van der Waals surface area contributed by atoms with E-state index in [1.54, 1.807) is 43.0 Å². The Bertz CT molecular complexity index is 494. The van der Waals surface area contributed by atoms with Gasteiger partial charge in [-0.15, -0.1) is 6.58 Å². The number of carbonyl (C=O) groups is 1. The van der Waals surface area contributed by atoms with Gasteiger partial charge in [0.2, 0.25) is 0 Å². The molecule has 0 spiro atoms. The molecule has 0 saturated carbocycles. The van der Waals surface area contributed by atoms with E-state index in [0.29, 0.717) is 18.0 Å². The molecule has 0 aromatic heterocycles. The second kappa shape index (κ2) is 4.46. The number of carbonyl (C=O) groups excluding carboxylic acids is 1. The third kappa shape index (κ3) is 1.99. The summed E-state index contributed by atoms with van der Waals surface area (Å²) in [6.45, 7) is 7.52. The summed E-state index contributed by atoms with van der Waals surface area (Å²) in [6, 6.07) is 5.34. The lowest BCUT2D eigenvalue weighted by Gasteiger charge is -2.38. The van der Waals surface area contributed by atoms with E-state index in [-0.39, 0.29) is 12.5 Å². The van der Waals surface area contributed by atoms with Crippen LogP contribution in [0.1, 0.15) is 19.4 Å². The number of hydrogen-bond acceptors (Lipinski definition) is 3. The van der Waals surface area contributed by atoms with Crippen molar-refractivity contribution in [3.63, 3.8) is 0 Å². The number of ether oxygens (including phenoxy) is 1. The van der Waals surface area contributed by atoms with Crippen molar-refractivity contribution >= 4 is 11.6 Å². The Hall–Kier alpha value is -1.81. The second-order valence-corrected chi connectivity index (χ2v) is 4.78. The zero-order valence-electron chi connectivity index (χ0n) is 10.6. The van der Waals surface area contributed by atoms with Crippen LogP contribution in [-0.2, 0) is 11.4 Å². The quantitative estimate of drug-likeness (QED) is 0.829. The van der Waals surface area contributed by atoms with Crippen molar-refractivity contribution in [2.75, 3.05) is 11.4 Å². The van der Waals surface area contributed by atoms with Crippen molar-refractivity contribution in [1.29, 1.82) is 0 Å². The van der Waals surface area contributed by atoms with Crippen molar-refractivity contribution in [2.24, 2.45) is 0 Å². The molecule has 1 aromatic carbocycles. The first-order chi connectivity index (χ1) is 8.49. The predicted octanol–water partition coefficient (Wildman–Crippen LogP) is 1.87. The molecule has 0 aliphatic carbocycles. The maximum atomic E-state index is 12.3. The van der Waals surface area contributed by atoms with Crippen LogP contribution in [-0.4, -0.2) is 23.2 Å². The van der Waals surface area contributed by atoms with E-state index in [9.17, 15) is 4.79 Å². The lowest BCUT2D eigenvalue weighted by molar-refractivity contribution is -0.132. The Balaban J connectivity index is 2.52. The fraction of sp³-hybridized carbons (Fsp3) is 0.357. The number of fused-ring (bicyclic) bond motifs is 1. The van der Waals surface area contributed by atoms with Gasteiger partial charge in [0.05, 0.1) is 12.3 Å². The molecule has 1 amide bonds. The molecule has 1 heterocycles. The molecule has 0 fully saturated rings. The summed E-state index contributed by atoms with van der Waals surface area (Å²) in [5.41, 5.74) is 0.557. The average molecular weight is 247 g/mol. The highest BCUT2D eigenvalue weighted by Gasteiger charge is 2.40. The van der Waals surface area contributed by atoms with Gasteiger partial charge in [-0.25, -0.2) is 0 Å². The second-order valence-electron chi connectivity index (χ2n) is 4.78. The van der Waals surface area contributed by atoms with Gasteiger partial charge in [0, 0.05) is 6.54 Å². The predicted molar refractivity (Wildman–Crippen MR) is 69.6 cm³/mol. The van der Waals surface area contributed by atoms with E-state index in [1.807, 2.05) is 0 Å². The summed E-state index contributed by atoms with van der Waals surface area (Å²) in [5, 5.41) is 9.16. The van der Waals surface area contributed by atoms with Gasteiger partial charge < -0.3 is 14.7 Å². The highest BCUT2D eigenvalue weighted by molar-refractivity contribution is 6.02. The number of aliphatic hydroxyl groups excluding tert-OH is 1. The van der Waals surface area contributed by atoms with E-state index in [0.717, 1.165) is 5.56 Å². The topological polar surface area (TPSA) is 49.8 Å². The molecule has 0 bridgehead atoms. The monoisotopic (exact) mass is 247 g/mol. The number of benzene rings is 1. The van der Waals surface area contributed by atoms with Crippen LogP contribution in [0.3, 0.4) is 0 Å². The van der Waals surface area contributed by atoms with Crippen LogP contribution in [0.15, 0.2) is 30.9 Å². The molecule has 0 unspecified atom stereocenters. The van der Waals surface area contributed by atoms with E-state index >= 15 is 0 Å². The highest BCUT2D eigenvalue weighted by Crippen LogP contribution is 2.38. The Morgan fingerprint density at radius 3 is 2.83 bits per heavy atom. The molecule has 4 heteroatoms. The molecule has 0 radical (unpaired) electrons. The van der Waals surface area contributed by atoms with Crippen molar-refractivity contribution in [2.45, 2.75) is 26.1 Å². The number of anilines is 1. The molecule has 1 aliphatic heterocycles. The van der Waals surface area contributed by atoms with Crippen LogP contribution in [0.2, 0.25) is 0 Å². The molecular weight excluding hydrogens is 230 g/mol. The third-order valence-electron chi connectivity index (χ3n) is 2.93. The molecule has 96 valence electrons. The van der Waals surface area contributed by atoms with Crippen molar-refractivity contribution < 1.29 is 14.6 Å².